The minimum absolute atomic E-state index is 0.821. The largest absolute Gasteiger partial charge is 0.315 e. The summed E-state index contributed by atoms with van der Waals surface area (Å²) in [7, 11) is 2.34. The molecule has 16 heavy (non-hydrogen) atoms. The molecule has 0 radical (unpaired) electrons. The summed E-state index contributed by atoms with van der Waals surface area (Å²) < 4.78 is 0. The van der Waals surface area contributed by atoms with Crippen molar-refractivity contribution in [3.05, 3.63) is 0 Å². The topological polar surface area (TPSA) is 18.5 Å². The smallest absolute Gasteiger partial charge is 0.0223 e. The van der Waals surface area contributed by atoms with Gasteiger partial charge in [-0.15, -0.1) is 0 Å². The molecule has 3 fully saturated rings. The van der Waals surface area contributed by atoms with Crippen LogP contribution < -0.4 is 5.32 Å². The molecular weight excluding hydrogens is 198 g/mol. The van der Waals surface area contributed by atoms with Gasteiger partial charge < -0.3 is 5.32 Å². The van der Waals surface area contributed by atoms with Crippen LogP contribution in [0.15, 0.2) is 0 Å². The first-order chi connectivity index (χ1) is 7.84. The SMILES string of the molecule is CN1C2CCC1CN(C1CCCNC1)CC2. The van der Waals surface area contributed by atoms with Gasteiger partial charge in [0.1, 0.15) is 0 Å². The van der Waals surface area contributed by atoms with Crippen LogP contribution in [-0.2, 0) is 0 Å². The second-order valence-electron chi connectivity index (χ2n) is 5.83. The molecule has 0 aromatic heterocycles. The lowest BCUT2D eigenvalue weighted by Crippen LogP contribution is -2.49. The highest BCUT2D eigenvalue weighted by Gasteiger charge is 2.36. The van der Waals surface area contributed by atoms with E-state index in [1.165, 1.54) is 58.3 Å². The molecule has 3 heteroatoms. The van der Waals surface area contributed by atoms with Crippen molar-refractivity contribution in [3.63, 3.8) is 0 Å². The van der Waals surface area contributed by atoms with Gasteiger partial charge >= 0.3 is 0 Å². The van der Waals surface area contributed by atoms with E-state index in [1.54, 1.807) is 0 Å². The highest BCUT2D eigenvalue weighted by molar-refractivity contribution is 4.93. The minimum atomic E-state index is 0.821. The van der Waals surface area contributed by atoms with Gasteiger partial charge in [-0.2, -0.15) is 0 Å². The Morgan fingerprint density at radius 3 is 2.69 bits per heavy atom. The molecule has 1 N–H and O–H groups in total. The van der Waals surface area contributed by atoms with Gasteiger partial charge in [0.25, 0.3) is 0 Å². The summed E-state index contributed by atoms with van der Waals surface area (Å²) in [5, 5.41) is 3.55. The number of nitrogens with one attached hydrogen (secondary N) is 1. The summed E-state index contributed by atoms with van der Waals surface area (Å²) >= 11 is 0. The van der Waals surface area contributed by atoms with Crippen molar-refractivity contribution in [2.24, 2.45) is 0 Å². The van der Waals surface area contributed by atoms with Crippen LogP contribution in [-0.4, -0.2) is 61.2 Å². The van der Waals surface area contributed by atoms with Gasteiger partial charge in [0, 0.05) is 37.8 Å². The van der Waals surface area contributed by atoms with E-state index in [-0.39, 0.29) is 0 Å². The molecule has 2 bridgehead atoms. The Bertz CT molecular complexity index is 237. The van der Waals surface area contributed by atoms with Crippen LogP contribution in [0.4, 0.5) is 0 Å². The fourth-order valence-corrected chi connectivity index (χ4v) is 3.81. The van der Waals surface area contributed by atoms with Crippen LogP contribution in [0.25, 0.3) is 0 Å². The molecule has 3 rings (SSSR count). The minimum Gasteiger partial charge on any atom is -0.315 e. The van der Waals surface area contributed by atoms with Crippen LogP contribution >= 0.6 is 0 Å². The zero-order valence-electron chi connectivity index (χ0n) is 10.5. The summed E-state index contributed by atoms with van der Waals surface area (Å²) in [6.07, 6.45) is 7.04. The molecule has 3 atom stereocenters. The first kappa shape index (κ1) is 11.0. The Morgan fingerprint density at radius 1 is 1.00 bits per heavy atom. The number of nitrogens with zero attached hydrogens (tertiary/aromatic N) is 2. The van der Waals surface area contributed by atoms with Gasteiger partial charge in [-0.25, -0.2) is 0 Å². The van der Waals surface area contributed by atoms with Crippen LogP contribution in [0, 0.1) is 0 Å². The fourth-order valence-electron chi connectivity index (χ4n) is 3.81. The van der Waals surface area contributed by atoms with Crippen LogP contribution in [0.2, 0.25) is 0 Å². The highest BCUT2D eigenvalue weighted by Crippen LogP contribution is 2.29. The van der Waals surface area contributed by atoms with Crippen molar-refractivity contribution < 1.29 is 0 Å². The molecule has 3 nitrogen and oxygen atoms in total. The molecule has 3 unspecified atom stereocenters. The van der Waals surface area contributed by atoms with E-state index >= 15 is 0 Å². The highest BCUT2D eigenvalue weighted by atomic mass is 15.3. The van der Waals surface area contributed by atoms with Gasteiger partial charge in [-0.05, 0) is 45.7 Å². The van der Waals surface area contributed by atoms with E-state index in [4.69, 9.17) is 0 Å². The maximum absolute atomic E-state index is 3.55. The third-order valence-corrected chi connectivity index (χ3v) is 4.97. The van der Waals surface area contributed by atoms with Gasteiger partial charge in [0.2, 0.25) is 0 Å². The molecule has 3 saturated heterocycles. The predicted molar refractivity (Wildman–Crippen MR) is 66.7 cm³/mol. The second kappa shape index (κ2) is 4.63. The van der Waals surface area contributed by atoms with Gasteiger partial charge in [-0.1, -0.05) is 0 Å². The lowest BCUT2D eigenvalue weighted by Gasteiger charge is -2.35. The average Bonchev–Trinajstić information content (AvgIpc) is 2.54. The number of piperidine rings is 1. The molecule has 3 heterocycles. The van der Waals surface area contributed by atoms with Crippen molar-refractivity contribution in [2.45, 2.75) is 50.2 Å². The maximum atomic E-state index is 3.55. The summed E-state index contributed by atoms with van der Waals surface area (Å²) in [5.74, 6) is 0. The molecule has 0 aliphatic carbocycles. The van der Waals surface area contributed by atoms with E-state index in [0.29, 0.717) is 0 Å². The molecule has 0 spiro atoms. The van der Waals surface area contributed by atoms with Crippen LogP contribution in [0.5, 0.6) is 0 Å². The van der Waals surface area contributed by atoms with Gasteiger partial charge in [-0.3, -0.25) is 9.80 Å². The lowest BCUT2D eigenvalue weighted by atomic mass is 10.0. The van der Waals surface area contributed by atoms with Crippen molar-refractivity contribution in [3.8, 4) is 0 Å². The van der Waals surface area contributed by atoms with E-state index in [2.05, 4.69) is 22.2 Å². The third-order valence-electron chi connectivity index (χ3n) is 4.97. The zero-order chi connectivity index (χ0) is 11.0. The van der Waals surface area contributed by atoms with Crippen molar-refractivity contribution in [1.82, 2.24) is 15.1 Å². The Labute approximate surface area is 99.2 Å². The Morgan fingerprint density at radius 2 is 1.88 bits per heavy atom. The first-order valence-corrected chi connectivity index (χ1v) is 7.01. The lowest BCUT2D eigenvalue weighted by molar-refractivity contribution is 0.148. The Kier molecular flexibility index (Phi) is 3.18. The van der Waals surface area contributed by atoms with Crippen LogP contribution in [0.1, 0.15) is 32.1 Å². The predicted octanol–water partition coefficient (Wildman–Crippen LogP) is 0.907. The number of likely N-dealkylation sites (N-methyl/N-ethyl adjacent to an activating group) is 1. The molecule has 0 aromatic rings. The van der Waals surface area contributed by atoms with Crippen molar-refractivity contribution in [2.75, 3.05) is 33.2 Å². The fraction of sp³-hybridized carbons (Fsp3) is 1.00. The summed E-state index contributed by atoms with van der Waals surface area (Å²) in [6.45, 7) is 5.11. The molecule has 92 valence electrons. The zero-order valence-corrected chi connectivity index (χ0v) is 10.5. The van der Waals surface area contributed by atoms with Crippen molar-refractivity contribution in [1.29, 1.82) is 0 Å². The van der Waals surface area contributed by atoms with E-state index in [0.717, 1.165) is 18.1 Å². The van der Waals surface area contributed by atoms with E-state index in [1.807, 2.05) is 0 Å². The summed E-state index contributed by atoms with van der Waals surface area (Å²) in [6, 6.07) is 2.54. The number of hydrogen-bond acceptors (Lipinski definition) is 3. The van der Waals surface area contributed by atoms with Gasteiger partial charge in [0.05, 0.1) is 0 Å². The number of fused-ring (bicyclic) bond motifs is 2. The molecule has 0 saturated carbocycles. The Hall–Kier alpha value is -0.120. The average molecular weight is 223 g/mol. The summed E-state index contributed by atoms with van der Waals surface area (Å²) in [4.78, 5) is 5.42. The van der Waals surface area contributed by atoms with Crippen molar-refractivity contribution >= 4 is 0 Å². The maximum Gasteiger partial charge on any atom is 0.0223 e. The van der Waals surface area contributed by atoms with E-state index < -0.39 is 0 Å². The standard InChI is InChI=1S/C13H25N3/c1-15-11-4-5-13(15)10-16(8-6-11)12-3-2-7-14-9-12/h11-14H,2-10H2,1H3. The molecule has 3 aliphatic rings. The Balaban J connectivity index is 1.64. The first-order valence-electron chi connectivity index (χ1n) is 7.01. The quantitative estimate of drug-likeness (QED) is 0.713. The third kappa shape index (κ3) is 2.01. The van der Waals surface area contributed by atoms with Gasteiger partial charge in [0.15, 0.2) is 0 Å². The number of rotatable bonds is 1. The molecular formula is C13H25N3. The van der Waals surface area contributed by atoms with Crippen LogP contribution in [0.3, 0.4) is 0 Å². The summed E-state index contributed by atoms with van der Waals surface area (Å²) in [5.41, 5.74) is 0. The molecule has 0 amide bonds. The molecule has 3 aliphatic heterocycles. The monoisotopic (exact) mass is 223 g/mol. The second-order valence-corrected chi connectivity index (χ2v) is 5.83. The number of likely N-dealkylation sites (tertiary alicyclic amines) is 1. The normalized spacial score (nSPS) is 42.2. The van der Waals surface area contributed by atoms with E-state index in [9.17, 15) is 0 Å². The number of hydrogen-bond donors (Lipinski definition) is 1. The molecule has 0 aromatic carbocycles.